The van der Waals surface area contributed by atoms with E-state index in [1.54, 1.807) is 16.7 Å². The van der Waals surface area contributed by atoms with Crippen molar-refractivity contribution in [1.82, 2.24) is 24.8 Å². The number of aromatic nitrogens is 4. The van der Waals surface area contributed by atoms with Crippen LogP contribution in [0.4, 0.5) is 10.1 Å². The lowest BCUT2D eigenvalue weighted by molar-refractivity contribution is -0.00177. The van der Waals surface area contributed by atoms with Crippen LogP contribution in [0.3, 0.4) is 0 Å². The second-order valence-corrected chi connectivity index (χ2v) is 8.01. The number of hydrogen-bond donors (Lipinski definition) is 3. The van der Waals surface area contributed by atoms with Crippen LogP contribution in [0.5, 0.6) is 0 Å². The van der Waals surface area contributed by atoms with E-state index >= 15 is 0 Å². The van der Waals surface area contributed by atoms with Gasteiger partial charge in [-0.25, -0.2) is 19.3 Å². The van der Waals surface area contributed by atoms with Crippen molar-refractivity contribution in [3.63, 3.8) is 0 Å². The van der Waals surface area contributed by atoms with Crippen molar-refractivity contribution in [1.29, 1.82) is 5.26 Å². The fourth-order valence-electron chi connectivity index (χ4n) is 2.84. The average molecular weight is 425 g/mol. The molecule has 3 rings (SSSR count). The molecule has 0 bridgehead atoms. The quantitative estimate of drug-likeness (QED) is 0.530. The third kappa shape index (κ3) is 4.95. The van der Waals surface area contributed by atoms with Gasteiger partial charge in [0.05, 0.1) is 29.0 Å². The number of carbonyl (C=O) groups excluding carboxylic acids is 1. The van der Waals surface area contributed by atoms with E-state index in [-0.39, 0.29) is 18.2 Å². The smallest absolute Gasteiger partial charge is 0.255 e. The number of rotatable bonds is 7. The van der Waals surface area contributed by atoms with Gasteiger partial charge in [0, 0.05) is 24.5 Å². The van der Waals surface area contributed by atoms with E-state index < -0.39 is 17.7 Å². The second-order valence-electron chi connectivity index (χ2n) is 8.01. The lowest BCUT2D eigenvalue weighted by Gasteiger charge is -2.23. The number of aliphatic hydroxyl groups is 1. The van der Waals surface area contributed by atoms with Gasteiger partial charge in [-0.15, -0.1) is 0 Å². The maximum atomic E-state index is 14.0. The minimum Gasteiger partial charge on any atom is -0.387 e. The van der Waals surface area contributed by atoms with Crippen LogP contribution in [0.25, 0.3) is 17.0 Å². The fraction of sp³-hybridized carbons (Fsp3) is 0.381. The molecule has 0 radical (unpaired) electrons. The van der Waals surface area contributed by atoms with Crippen molar-refractivity contribution in [2.45, 2.75) is 45.5 Å². The Morgan fingerprint density at radius 2 is 2.03 bits per heavy atom. The largest absolute Gasteiger partial charge is 0.387 e. The van der Waals surface area contributed by atoms with Gasteiger partial charge >= 0.3 is 0 Å². The first kappa shape index (κ1) is 22.1. The van der Waals surface area contributed by atoms with Crippen LogP contribution in [-0.2, 0) is 0 Å². The Kier molecular flexibility index (Phi) is 6.17. The molecule has 1 amide bonds. The summed E-state index contributed by atoms with van der Waals surface area (Å²) in [6.07, 6.45) is 2.76. The molecule has 0 fully saturated rings. The number of nitriles is 1. The Hall–Kier alpha value is -3.58. The molecule has 0 aromatic carbocycles. The van der Waals surface area contributed by atoms with Crippen LogP contribution in [0, 0.1) is 11.3 Å². The normalized spacial score (nSPS) is 12.6. The molecule has 9 nitrogen and oxygen atoms in total. The van der Waals surface area contributed by atoms with Crippen molar-refractivity contribution in [2.75, 3.05) is 11.9 Å². The lowest BCUT2D eigenvalue weighted by atomic mass is 10.0. The maximum Gasteiger partial charge on any atom is 0.255 e. The van der Waals surface area contributed by atoms with E-state index in [1.165, 1.54) is 32.6 Å². The molecule has 0 spiro atoms. The summed E-state index contributed by atoms with van der Waals surface area (Å²) in [5, 5.41) is 24.4. The van der Waals surface area contributed by atoms with Gasteiger partial charge in [0.25, 0.3) is 5.91 Å². The first-order valence-corrected chi connectivity index (χ1v) is 9.75. The number of nitrogens with zero attached hydrogens (tertiary/aromatic N) is 5. The van der Waals surface area contributed by atoms with Crippen molar-refractivity contribution in [2.24, 2.45) is 0 Å². The van der Waals surface area contributed by atoms with Crippen LogP contribution in [0.15, 0.2) is 30.9 Å². The lowest BCUT2D eigenvalue weighted by Crippen LogP contribution is -2.42. The van der Waals surface area contributed by atoms with E-state index in [9.17, 15) is 14.3 Å². The van der Waals surface area contributed by atoms with Gasteiger partial charge in [0.1, 0.15) is 29.9 Å². The molecular weight excluding hydrogens is 401 g/mol. The monoisotopic (exact) mass is 425 g/mol. The number of amides is 1. The van der Waals surface area contributed by atoms with Gasteiger partial charge in [0.2, 0.25) is 0 Å². The predicted molar refractivity (Wildman–Crippen MR) is 114 cm³/mol. The summed E-state index contributed by atoms with van der Waals surface area (Å²) in [6, 6.07) is 5.35. The van der Waals surface area contributed by atoms with Gasteiger partial charge in [0.15, 0.2) is 5.65 Å². The molecule has 3 aromatic heterocycles. The molecule has 0 aliphatic rings. The molecule has 0 saturated heterocycles. The number of anilines is 1. The van der Waals surface area contributed by atoms with Gasteiger partial charge in [-0.05, 0) is 33.8 Å². The van der Waals surface area contributed by atoms with Crippen molar-refractivity contribution >= 4 is 22.8 Å². The van der Waals surface area contributed by atoms with Gasteiger partial charge in [-0.2, -0.15) is 5.26 Å². The summed E-state index contributed by atoms with van der Waals surface area (Å²) in [7, 11) is 0. The third-order valence-electron chi connectivity index (χ3n) is 4.55. The number of pyridine rings is 2. The number of alkyl halides is 1. The zero-order valence-corrected chi connectivity index (χ0v) is 17.7. The highest BCUT2D eigenvalue weighted by atomic mass is 19.1. The molecule has 10 heteroatoms. The SMILES string of the molecule is CC(C)Nc1cc(-n2cnc3cc(C#N)cnc32)ncc1C(=O)NC[C@@H](F)C(C)(C)O. The Bertz CT molecular complexity index is 1140. The Morgan fingerprint density at radius 3 is 2.68 bits per heavy atom. The van der Waals surface area contributed by atoms with Crippen LogP contribution in [0.1, 0.15) is 43.6 Å². The van der Waals surface area contributed by atoms with E-state index in [2.05, 4.69) is 25.6 Å². The van der Waals surface area contributed by atoms with E-state index in [0.29, 0.717) is 28.2 Å². The maximum absolute atomic E-state index is 14.0. The summed E-state index contributed by atoms with van der Waals surface area (Å²) >= 11 is 0. The number of halogens is 1. The first-order valence-electron chi connectivity index (χ1n) is 9.75. The predicted octanol–water partition coefficient (Wildman–Crippen LogP) is 2.35. The van der Waals surface area contributed by atoms with Gasteiger partial charge in [-0.3, -0.25) is 9.36 Å². The van der Waals surface area contributed by atoms with Crippen LogP contribution >= 0.6 is 0 Å². The number of imidazole rings is 1. The number of nitrogens with one attached hydrogen (secondary N) is 2. The Labute approximate surface area is 179 Å². The van der Waals surface area contributed by atoms with Gasteiger partial charge in [-0.1, -0.05) is 0 Å². The zero-order valence-electron chi connectivity index (χ0n) is 17.7. The molecule has 3 heterocycles. The highest BCUT2D eigenvalue weighted by molar-refractivity contribution is 5.99. The third-order valence-corrected chi connectivity index (χ3v) is 4.55. The molecule has 31 heavy (non-hydrogen) atoms. The molecule has 3 aromatic rings. The summed E-state index contributed by atoms with van der Waals surface area (Å²) < 4.78 is 15.7. The molecule has 0 aliphatic carbocycles. The van der Waals surface area contributed by atoms with Gasteiger partial charge < -0.3 is 15.7 Å². The standard InChI is InChI=1S/C21H24FN7O2/c1-12(2)28-15-6-18(29-11-27-16-5-13(7-23)8-25-19(16)29)24-9-14(15)20(30)26-10-17(22)21(3,4)31/h5-6,8-9,11-12,17,31H,10H2,1-4H3,(H,24,28)(H,26,30)/t17-/m1/s1. The molecule has 0 saturated carbocycles. The summed E-state index contributed by atoms with van der Waals surface area (Å²) in [5.41, 5.74) is 0.648. The second kappa shape index (κ2) is 8.65. The molecule has 162 valence electrons. The highest BCUT2D eigenvalue weighted by Crippen LogP contribution is 2.22. The summed E-state index contributed by atoms with van der Waals surface area (Å²) in [6.45, 7) is 6.20. The minimum absolute atomic E-state index is 0.0166. The number of carbonyl (C=O) groups is 1. The highest BCUT2D eigenvalue weighted by Gasteiger charge is 2.27. The number of hydrogen-bond acceptors (Lipinski definition) is 7. The minimum atomic E-state index is -1.62. The number of fused-ring (bicyclic) bond motifs is 1. The average Bonchev–Trinajstić information content (AvgIpc) is 3.13. The first-order chi connectivity index (χ1) is 14.6. The van der Waals surface area contributed by atoms with Crippen molar-refractivity contribution in [3.8, 4) is 11.9 Å². The van der Waals surface area contributed by atoms with E-state index in [0.717, 1.165) is 0 Å². The molecule has 0 aliphatic heterocycles. The van der Waals surface area contributed by atoms with Crippen LogP contribution in [-0.4, -0.2) is 54.9 Å². The summed E-state index contributed by atoms with van der Waals surface area (Å²) in [4.78, 5) is 25.6. The molecule has 3 N–H and O–H groups in total. The van der Waals surface area contributed by atoms with Crippen LogP contribution in [0.2, 0.25) is 0 Å². The fourth-order valence-corrected chi connectivity index (χ4v) is 2.84. The zero-order chi connectivity index (χ0) is 22.8. The summed E-state index contributed by atoms with van der Waals surface area (Å²) in [5.74, 6) is -0.0411. The van der Waals surface area contributed by atoms with Crippen molar-refractivity contribution in [3.05, 3.63) is 42.0 Å². The van der Waals surface area contributed by atoms with E-state index in [1.807, 2.05) is 19.9 Å². The topological polar surface area (TPSA) is 129 Å². The van der Waals surface area contributed by atoms with Crippen LogP contribution < -0.4 is 10.6 Å². The van der Waals surface area contributed by atoms with Crippen molar-refractivity contribution < 1.29 is 14.3 Å². The van der Waals surface area contributed by atoms with E-state index in [4.69, 9.17) is 5.26 Å². The Morgan fingerprint density at radius 1 is 1.29 bits per heavy atom. The molecular formula is C21H24FN7O2. The Balaban J connectivity index is 1.93. The molecule has 1 atom stereocenters. The molecule has 0 unspecified atom stereocenters.